The first-order chi connectivity index (χ1) is 12.7. The molecular weight excluding hydrogens is 413 g/mol. The molecule has 2 aromatic rings. The number of benzene rings is 2. The average Bonchev–Trinajstić information content (AvgIpc) is 2.63. The van der Waals surface area contributed by atoms with E-state index in [0.29, 0.717) is 23.7 Å². The van der Waals surface area contributed by atoms with Crippen LogP contribution in [-0.4, -0.2) is 43.8 Å². The summed E-state index contributed by atoms with van der Waals surface area (Å²) in [6.07, 6.45) is 0. The first-order valence-corrected chi connectivity index (χ1v) is 10.3. The predicted octanol–water partition coefficient (Wildman–Crippen LogP) is 3.72. The average molecular weight is 430 g/mol. The Morgan fingerprint density at radius 2 is 1.70 bits per heavy atom. The van der Waals surface area contributed by atoms with Gasteiger partial charge in [-0.05, 0) is 37.3 Å². The maximum Gasteiger partial charge on any atom is 0.272 e. The third-order valence-corrected chi connectivity index (χ3v) is 7.11. The Hall–Kier alpha value is -1.87. The van der Waals surface area contributed by atoms with Gasteiger partial charge < -0.3 is 4.90 Å². The monoisotopic (exact) mass is 429 g/mol. The summed E-state index contributed by atoms with van der Waals surface area (Å²) in [7, 11) is -3.75. The smallest absolute Gasteiger partial charge is 0.272 e. The lowest BCUT2D eigenvalue weighted by Gasteiger charge is -2.35. The van der Waals surface area contributed by atoms with Gasteiger partial charge in [0.1, 0.15) is 4.90 Å². The minimum absolute atomic E-state index is 0.00343. The molecule has 0 unspecified atom stereocenters. The van der Waals surface area contributed by atoms with Gasteiger partial charge in [0.15, 0.2) is 0 Å². The number of piperazine rings is 1. The van der Waals surface area contributed by atoms with E-state index in [0.717, 1.165) is 5.69 Å². The fourth-order valence-corrected chi connectivity index (χ4v) is 5.20. The second-order valence-electron chi connectivity index (χ2n) is 6.19. The van der Waals surface area contributed by atoms with Crippen LogP contribution < -0.4 is 4.90 Å². The van der Waals surface area contributed by atoms with Crippen LogP contribution in [0.1, 0.15) is 5.56 Å². The van der Waals surface area contributed by atoms with E-state index in [2.05, 4.69) is 0 Å². The zero-order valence-electron chi connectivity index (χ0n) is 14.4. The summed E-state index contributed by atoms with van der Waals surface area (Å²) in [6.45, 7) is 3.18. The van der Waals surface area contributed by atoms with Crippen LogP contribution >= 0.6 is 23.2 Å². The minimum atomic E-state index is -3.75. The first-order valence-electron chi connectivity index (χ1n) is 8.15. The van der Waals surface area contributed by atoms with E-state index in [1.165, 1.54) is 28.6 Å². The highest BCUT2D eigenvalue weighted by molar-refractivity contribution is 7.89. The van der Waals surface area contributed by atoms with E-state index in [1.807, 2.05) is 4.90 Å². The van der Waals surface area contributed by atoms with Crippen molar-refractivity contribution in [3.05, 3.63) is 62.1 Å². The number of sulfonamides is 1. The molecule has 0 saturated carbocycles. The number of rotatable bonds is 4. The molecule has 0 aliphatic carbocycles. The van der Waals surface area contributed by atoms with Crippen molar-refractivity contribution >= 4 is 44.6 Å². The molecule has 0 radical (unpaired) electrons. The molecule has 0 amide bonds. The Labute approximate surface area is 167 Å². The lowest BCUT2D eigenvalue weighted by molar-refractivity contribution is -0.385. The SMILES string of the molecule is Cc1cc(N2CCN(S(=O)(=O)c3cc(Cl)ccc3Cl)CC2)ccc1[N+](=O)[O-]. The Kier molecular flexibility index (Phi) is 5.62. The van der Waals surface area contributed by atoms with E-state index in [1.54, 1.807) is 19.1 Å². The van der Waals surface area contributed by atoms with Crippen molar-refractivity contribution in [3.63, 3.8) is 0 Å². The fourth-order valence-electron chi connectivity index (χ4n) is 3.04. The van der Waals surface area contributed by atoms with Crippen molar-refractivity contribution in [2.75, 3.05) is 31.1 Å². The quantitative estimate of drug-likeness (QED) is 0.545. The van der Waals surface area contributed by atoms with Crippen LogP contribution in [0.25, 0.3) is 0 Å². The van der Waals surface area contributed by atoms with Gasteiger partial charge in [0.05, 0.1) is 9.95 Å². The first kappa shape index (κ1) is 19.9. The molecule has 0 N–H and O–H groups in total. The highest BCUT2D eigenvalue weighted by Gasteiger charge is 2.30. The summed E-state index contributed by atoms with van der Waals surface area (Å²) < 4.78 is 27.1. The maximum atomic E-state index is 12.9. The van der Waals surface area contributed by atoms with Gasteiger partial charge in [0.25, 0.3) is 5.69 Å². The van der Waals surface area contributed by atoms with Crippen LogP contribution in [0.5, 0.6) is 0 Å². The van der Waals surface area contributed by atoms with Gasteiger partial charge in [0, 0.05) is 48.5 Å². The molecule has 10 heteroatoms. The molecule has 0 spiro atoms. The van der Waals surface area contributed by atoms with Crippen LogP contribution in [0, 0.1) is 17.0 Å². The number of hydrogen-bond donors (Lipinski definition) is 0. The van der Waals surface area contributed by atoms with Crippen LogP contribution in [0.4, 0.5) is 11.4 Å². The van der Waals surface area contributed by atoms with Gasteiger partial charge in [-0.2, -0.15) is 4.31 Å². The summed E-state index contributed by atoms with van der Waals surface area (Å²) in [6, 6.07) is 9.26. The van der Waals surface area contributed by atoms with E-state index in [-0.39, 0.29) is 28.7 Å². The highest BCUT2D eigenvalue weighted by atomic mass is 35.5. The van der Waals surface area contributed by atoms with E-state index >= 15 is 0 Å². The molecule has 27 heavy (non-hydrogen) atoms. The van der Waals surface area contributed by atoms with Gasteiger partial charge in [-0.15, -0.1) is 0 Å². The van der Waals surface area contributed by atoms with Gasteiger partial charge >= 0.3 is 0 Å². The lowest BCUT2D eigenvalue weighted by atomic mass is 10.1. The Bertz CT molecular complexity index is 990. The number of nitrogens with zero attached hydrogens (tertiary/aromatic N) is 3. The van der Waals surface area contributed by atoms with Gasteiger partial charge in [-0.1, -0.05) is 23.2 Å². The van der Waals surface area contributed by atoms with Gasteiger partial charge in [-0.3, -0.25) is 10.1 Å². The van der Waals surface area contributed by atoms with Crippen molar-refractivity contribution in [2.24, 2.45) is 0 Å². The summed E-state index contributed by atoms with van der Waals surface area (Å²) >= 11 is 12.0. The van der Waals surface area contributed by atoms with Crippen molar-refractivity contribution in [1.29, 1.82) is 0 Å². The predicted molar refractivity (Wildman–Crippen MR) is 105 cm³/mol. The second kappa shape index (κ2) is 7.63. The molecule has 1 aliphatic heterocycles. The number of hydrogen-bond acceptors (Lipinski definition) is 5. The Morgan fingerprint density at radius 3 is 2.30 bits per heavy atom. The van der Waals surface area contributed by atoms with Gasteiger partial charge in [-0.25, -0.2) is 8.42 Å². The van der Waals surface area contributed by atoms with Crippen molar-refractivity contribution in [2.45, 2.75) is 11.8 Å². The zero-order chi connectivity index (χ0) is 19.8. The molecule has 1 aliphatic rings. The van der Waals surface area contributed by atoms with E-state index in [4.69, 9.17) is 23.2 Å². The van der Waals surface area contributed by atoms with E-state index < -0.39 is 14.9 Å². The molecule has 1 saturated heterocycles. The number of anilines is 1. The molecule has 2 aromatic carbocycles. The highest BCUT2D eigenvalue weighted by Crippen LogP contribution is 2.30. The molecule has 1 fully saturated rings. The van der Waals surface area contributed by atoms with Crippen LogP contribution in [0.3, 0.4) is 0 Å². The largest absolute Gasteiger partial charge is 0.369 e. The molecule has 0 bridgehead atoms. The summed E-state index contributed by atoms with van der Waals surface area (Å²) in [5.74, 6) is 0. The summed E-state index contributed by atoms with van der Waals surface area (Å²) in [5, 5.41) is 11.4. The van der Waals surface area contributed by atoms with Crippen LogP contribution in [0.2, 0.25) is 10.0 Å². The third-order valence-electron chi connectivity index (χ3n) is 4.49. The molecule has 7 nitrogen and oxygen atoms in total. The molecular formula is C17H17Cl2N3O4S. The molecule has 0 atom stereocenters. The van der Waals surface area contributed by atoms with Crippen molar-refractivity contribution in [3.8, 4) is 0 Å². The Morgan fingerprint density at radius 1 is 1.04 bits per heavy atom. The topological polar surface area (TPSA) is 83.8 Å². The minimum Gasteiger partial charge on any atom is -0.369 e. The summed E-state index contributed by atoms with van der Waals surface area (Å²) in [5.41, 5.74) is 1.46. The molecule has 144 valence electrons. The standard InChI is InChI=1S/C17H17Cl2N3O4S/c1-12-10-14(3-5-16(12)22(23)24)20-6-8-21(9-7-20)27(25,26)17-11-13(18)2-4-15(17)19/h2-5,10-11H,6-9H2,1H3. The number of aryl methyl sites for hydroxylation is 1. The lowest BCUT2D eigenvalue weighted by Crippen LogP contribution is -2.48. The maximum absolute atomic E-state index is 12.9. The van der Waals surface area contributed by atoms with Crippen molar-refractivity contribution in [1.82, 2.24) is 4.31 Å². The van der Waals surface area contributed by atoms with E-state index in [9.17, 15) is 18.5 Å². The Balaban J connectivity index is 1.76. The zero-order valence-corrected chi connectivity index (χ0v) is 16.8. The van der Waals surface area contributed by atoms with Crippen molar-refractivity contribution < 1.29 is 13.3 Å². The van der Waals surface area contributed by atoms with Crippen LogP contribution in [-0.2, 0) is 10.0 Å². The number of nitro groups is 1. The number of halogens is 2. The molecule has 1 heterocycles. The molecule has 0 aromatic heterocycles. The van der Waals surface area contributed by atoms with Gasteiger partial charge in [0.2, 0.25) is 10.0 Å². The third kappa shape index (κ3) is 4.03. The summed E-state index contributed by atoms with van der Waals surface area (Å²) in [4.78, 5) is 12.5. The number of nitro benzene ring substituents is 1. The second-order valence-corrected chi connectivity index (χ2v) is 8.94. The van der Waals surface area contributed by atoms with Crippen LogP contribution in [0.15, 0.2) is 41.3 Å². The normalized spacial score (nSPS) is 15.7. The molecule has 3 rings (SSSR count). The fraction of sp³-hybridized carbons (Fsp3) is 0.294.